The zero-order valence-electron chi connectivity index (χ0n) is 12.5. The van der Waals surface area contributed by atoms with Gasteiger partial charge in [0.05, 0.1) is 7.11 Å². The molecule has 1 aromatic heterocycles. The molecule has 1 aliphatic heterocycles. The van der Waals surface area contributed by atoms with Crippen LogP contribution in [0.25, 0.3) is 0 Å². The van der Waals surface area contributed by atoms with Crippen LogP contribution in [0.2, 0.25) is 0 Å². The first kappa shape index (κ1) is 14.9. The summed E-state index contributed by atoms with van der Waals surface area (Å²) in [7, 11) is 1.72. The van der Waals surface area contributed by atoms with E-state index in [9.17, 15) is 0 Å². The molecule has 0 saturated carbocycles. The predicted molar refractivity (Wildman–Crippen MR) is 92.5 cm³/mol. The normalized spacial score (nSPS) is 15.6. The Morgan fingerprint density at radius 1 is 1.33 bits per heavy atom. The standard InChI is InChI=1S/C17H21NOS2/c1-11-3-4-15(19-2)12(7-11)8-14(18)17-9-13-10-20-6-5-16(13)21-17/h3-4,7,9,14H,5-6,8,10,18H2,1-2H3. The molecular formula is C17H21NOS2. The number of thiophene rings is 1. The number of aryl methyl sites for hydroxylation is 2. The van der Waals surface area contributed by atoms with E-state index in [1.807, 2.05) is 29.2 Å². The molecule has 2 aromatic rings. The Morgan fingerprint density at radius 2 is 2.19 bits per heavy atom. The van der Waals surface area contributed by atoms with Crippen molar-refractivity contribution >= 4 is 23.1 Å². The van der Waals surface area contributed by atoms with Crippen LogP contribution in [0, 0.1) is 6.92 Å². The number of nitrogens with two attached hydrogens (primary N) is 1. The van der Waals surface area contributed by atoms with Crippen LogP contribution < -0.4 is 10.5 Å². The second-order valence-corrected chi connectivity index (χ2v) is 7.80. The molecule has 1 atom stereocenters. The molecule has 2 heterocycles. The van der Waals surface area contributed by atoms with Gasteiger partial charge in [-0.15, -0.1) is 11.3 Å². The van der Waals surface area contributed by atoms with Crippen LogP contribution in [0.1, 0.15) is 32.5 Å². The van der Waals surface area contributed by atoms with Gasteiger partial charge in [-0.05, 0) is 48.8 Å². The number of benzene rings is 1. The molecule has 2 nitrogen and oxygen atoms in total. The minimum Gasteiger partial charge on any atom is -0.496 e. The number of ether oxygens (including phenoxy) is 1. The maximum Gasteiger partial charge on any atom is 0.122 e. The molecule has 112 valence electrons. The van der Waals surface area contributed by atoms with E-state index in [1.54, 1.807) is 7.11 Å². The summed E-state index contributed by atoms with van der Waals surface area (Å²) in [5.41, 5.74) is 10.4. The Balaban J connectivity index is 1.81. The van der Waals surface area contributed by atoms with Gasteiger partial charge >= 0.3 is 0 Å². The lowest BCUT2D eigenvalue weighted by atomic mass is 10.0. The Kier molecular flexibility index (Phi) is 4.57. The lowest BCUT2D eigenvalue weighted by molar-refractivity contribution is 0.408. The van der Waals surface area contributed by atoms with Crippen LogP contribution in [-0.4, -0.2) is 12.9 Å². The van der Waals surface area contributed by atoms with Crippen LogP contribution in [0.5, 0.6) is 5.75 Å². The lowest BCUT2D eigenvalue weighted by Gasteiger charge is -2.13. The minimum atomic E-state index is 0.0568. The highest BCUT2D eigenvalue weighted by Gasteiger charge is 2.18. The monoisotopic (exact) mass is 319 g/mol. The molecule has 2 N–H and O–H groups in total. The molecule has 4 heteroatoms. The van der Waals surface area contributed by atoms with Crippen molar-refractivity contribution in [1.82, 2.24) is 0 Å². The lowest BCUT2D eigenvalue weighted by Crippen LogP contribution is -2.12. The first-order valence-corrected chi connectivity index (χ1v) is 9.23. The van der Waals surface area contributed by atoms with Crippen molar-refractivity contribution in [2.24, 2.45) is 5.73 Å². The maximum absolute atomic E-state index is 6.46. The highest BCUT2D eigenvalue weighted by Crippen LogP contribution is 2.35. The van der Waals surface area contributed by atoms with Crippen molar-refractivity contribution in [3.8, 4) is 5.75 Å². The minimum absolute atomic E-state index is 0.0568. The average molecular weight is 319 g/mol. The second-order valence-electron chi connectivity index (χ2n) is 5.53. The summed E-state index contributed by atoms with van der Waals surface area (Å²) in [6, 6.07) is 8.67. The van der Waals surface area contributed by atoms with Crippen LogP contribution in [0.4, 0.5) is 0 Å². The molecule has 1 unspecified atom stereocenters. The van der Waals surface area contributed by atoms with Crippen molar-refractivity contribution in [3.63, 3.8) is 0 Å². The second kappa shape index (κ2) is 6.42. The summed E-state index contributed by atoms with van der Waals surface area (Å²) in [5.74, 6) is 3.33. The van der Waals surface area contributed by atoms with Crippen molar-refractivity contribution in [1.29, 1.82) is 0 Å². The average Bonchev–Trinajstić information content (AvgIpc) is 2.91. The summed E-state index contributed by atoms with van der Waals surface area (Å²) < 4.78 is 5.46. The first-order chi connectivity index (χ1) is 10.2. The third kappa shape index (κ3) is 3.28. The van der Waals surface area contributed by atoms with Crippen LogP contribution in [0.15, 0.2) is 24.3 Å². The fourth-order valence-electron chi connectivity index (χ4n) is 2.76. The van der Waals surface area contributed by atoms with Gasteiger partial charge < -0.3 is 10.5 Å². The van der Waals surface area contributed by atoms with Gasteiger partial charge in [-0.1, -0.05) is 17.7 Å². The third-order valence-electron chi connectivity index (χ3n) is 3.89. The Labute approximate surface area is 134 Å². The maximum atomic E-state index is 6.46. The molecule has 0 radical (unpaired) electrons. The quantitative estimate of drug-likeness (QED) is 0.921. The summed E-state index contributed by atoms with van der Waals surface area (Å²) in [4.78, 5) is 2.85. The van der Waals surface area contributed by atoms with Gasteiger partial charge in [0.2, 0.25) is 0 Å². The molecule has 0 spiro atoms. The van der Waals surface area contributed by atoms with Crippen molar-refractivity contribution in [3.05, 3.63) is 50.7 Å². The van der Waals surface area contributed by atoms with Gasteiger partial charge in [0, 0.05) is 21.5 Å². The van der Waals surface area contributed by atoms with Gasteiger partial charge in [-0.25, -0.2) is 0 Å². The van der Waals surface area contributed by atoms with Crippen LogP contribution in [-0.2, 0) is 18.6 Å². The molecular weight excluding hydrogens is 298 g/mol. The smallest absolute Gasteiger partial charge is 0.122 e. The molecule has 3 rings (SSSR count). The molecule has 0 fully saturated rings. The Bertz CT molecular complexity index is 612. The number of rotatable bonds is 4. The van der Waals surface area contributed by atoms with Crippen molar-refractivity contribution in [2.45, 2.75) is 31.6 Å². The van der Waals surface area contributed by atoms with E-state index in [0.29, 0.717) is 0 Å². The highest BCUT2D eigenvalue weighted by atomic mass is 32.2. The van der Waals surface area contributed by atoms with E-state index >= 15 is 0 Å². The van der Waals surface area contributed by atoms with Crippen molar-refractivity contribution in [2.75, 3.05) is 12.9 Å². The summed E-state index contributed by atoms with van der Waals surface area (Å²) in [6.45, 7) is 2.11. The first-order valence-electron chi connectivity index (χ1n) is 7.25. The molecule has 1 aliphatic rings. The van der Waals surface area contributed by atoms with Crippen LogP contribution in [0.3, 0.4) is 0 Å². The van der Waals surface area contributed by atoms with E-state index in [4.69, 9.17) is 10.5 Å². The third-order valence-corrected chi connectivity index (χ3v) is 6.26. The summed E-state index contributed by atoms with van der Waals surface area (Å²) in [5, 5.41) is 0. The van der Waals surface area contributed by atoms with E-state index < -0.39 is 0 Å². The zero-order valence-corrected chi connectivity index (χ0v) is 14.2. The molecule has 0 aliphatic carbocycles. The Morgan fingerprint density at radius 3 is 2.95 bits per heavy atom. The highest BCUT2D eigenvalue weighted by molar-refractivity contribution is 7.98. The number of hydrogen-bond acceptors (Lipinski definition) is 4. The molecule has 0 saturated heterocycles. The topological polar surface area (TPSA) is 35.2 Å². The molecule has 0 amide bonds. The zero-order chi connectivity index (χ0) is 14.8. The van der Waals surface area contributed by atoms with Gasteiger partial charge in [-0.3, -0.25) is 0 Å². The summed E-state index contributed by atoms with van der Waals surface area (Å²) in [6.07, 6.45) is 2.03. The van der Waals surface area contributed by atoms with Gasteiger partial charge in [-0.2, -0.15) is 11.8 Å². The van der Waals surface area contributed by atoms with Gasteiger partial charge in [0.15, 0.2) is 0 Å². The van der Waals surface area contributed by atoms with Crippen LogP contribution >= 0.6 is 23.1 Å². The fourth-order valence-corrected chi connectivity index (χ4v) is 5.13. The number of hydrogen-bond donors (Lipinski definition) is 1. The van der Waals surface area contributed by atoms with Gasteiger partial charge in [0.25, 0.3) is 0 Å². The fraction of sp³-hybridized carbons (Fsp3) is 0.412. The number of thioether (sulfide) groups is 1. The van der Waals surface area contributed by atoms with E-state index in [1.165, 1.54) is 38.6 Å². The molecule has 1 aromatic carbocycles. The largest absolute Gasteiger partial charge is 0.496 e. The predicted octanol–water partition coefficient (Wildman–Crippen LogP) is 4.10. The summed E-state index contributed by atoms with van der Waals surface area (Å²) >= 11 is 3.92. The van der Waals surface area contributed by atoms with E-state index in [2.05, 4.69) is 25.1 Å². The SMILES string of the molecule is COc1ccc(C)cc1CC(N)c1cc2c(s1)CCSC2. The molecule has 0 bridgehead atoms. The number of methoxy groups -OCH3 is 1. The Hall–Kier alpha value is -0.970. The van der Waals surface area contributed by atoms with Crippen molar-refractivity contribution < 1.29 is 4.74 Å². The van der Waals surface area contributed by atoms with Gasteiger partial charge in [0.1, 0.15) is 5.75 Å². The van der Waals surface area contributed by atoms with E-state index in [0.717, 1.165) is 17.9 Å². The molecule has 21 heavy (non-hydrogen) atoms. The van der Waals surface area contributed by atoms with E-state index in [-0.39, 0.29) is 6.04 Å². The number of fused-ring (bicyclic) bond motifs is 1.